The fourth-order valence-electron chi connectivity index (χ4n) is 3.75. The maximum Gasteiger partial charge on any atom is 0.237 e. The first-order valence-corrected chi connectivity index (χ1v) is 11.7. The van der Waals surface area contributed by atoms with E-state index in [0.29, 0.717) is 25.6 Å². The molecule has 1 aromatic rings. The topological polar surface area (TPSA) is 66.9 Å². The Bertz CT molecular complexity index is 694. The molecule has 1 amide bonds. The Morgan fingerprint density at radius 2 is 1.85 bits per heavy atom. The number of aryl methyl sites for hydroxylation is 1. The van der Waals surface area contributed by atoms with Gasteiger partial charge < -0.3 is 9.64 Å². The van der Waals surface area contributed by atoms with Crippen LogP contribution in [0.3, 0.4) is 0 Å². The van der Waals surface area contributed by atoms with Crippen LogP contribution in [0.15, 0.2) is 30.3 Å². The smallest absolute Gasteiger partial charge is 0.237 e. The molecule has 2 saturated heterocycles. The van der Waals surface area contributed by atoms with Crippen molar-refractivity contribution in [2.24, 2.45) is 0 Å². The van der Waals surface area contributed by atoms with Gasteiger partial charge in [-0.3, -0.25) is 9.69 Å². The molecule has 3 rings (SSSR count). The SMILES string of the molecule is O=C(CS(=O)(=O)CCCc1ccccc1)N1CCN(CC2CCCO2)CC1. The van der Waals surface area contributed by atoms with Crippen LogP contribution >= 0.6 is 0 Å². The van der Waals surface area contributed by atoms with Gasteiger partial charge in [-0.15, -0.1) is 0 Å². The van der Waals surface area contributed by atoms with Crippen LogP contribution in [0.25, 0.3) is 0 Å². The van der Waals surface area contributed by atoms with E-state index in [9.17, 15) is 13.2 Å². The number of amides is 1. The fraction of sp³-hybridized carbons (Fsp3) is 0.650. The number of hydrogen-bond acceptors (Lipinski definition) is 5. The van der Waals surface area contributed by atoms with Crippen LogP contribution in [0.1, 0.15) is 24.8 Å². The number of carbonyl (C=O) groups is 1. The van der Waals surface area contributed by atoms with E-state index in [1.165, 1.54) is 0 Å². The van der Waals surface area contributed by atoms with Crippen molar-refractivity contribution >= 4 is 15.7 Å². The number of piperazine rings is 1. The standard InChI is InChI=1S/C20H30N2O4S/c23-20(17-27(24,25)15-5-8-18-6-2-1-3-7-18)22-12-10-21(11-13-22)16-19-9-4-14-26-19/h1-3,6-7,19H,4-5,8-17H2. The number of nitrogens with zero attached hydrogens (tertiary/aromatic N) is 2. The lowest BCUT2D eigenvalue weighted by molar-refractivity contribution is -0.130. The van der Waals surface area contributed by atoms with Gasteiger partial charge in [-0.2, -0.15) is 0 Å². The zero-order valence-electron chi connectivity index (χ0n) is 15.9. The first-order valence-electron chi connectivity index (χ1n) is 9.88. The molecule has 2 fully saturated rings. The second-order valence-corrected chi connectivity index (χ2v) is 9.68. The van der Waals surface area contributed by atoms with Crippen LogP contribution < -0.4 is 0 Å². The minimum atomic E-state index is -3.36. The molecule has 0 spiro atoms. The van der Waals surface area contributed by atoms with E-state index in [4.69, 9.17) is 4.74 Å². The van der Waals surface area contributed by atoms with Crippen molar-refractivity contribution in [1.82, 2.24) is 9.80 Å². The highest BCUT2D eigenvalue weighted by Gasteiger charge is 2.27. The van der Waals surface area contributed by atoms with Gasteiger partial charge in [-0.1, -0.05) is 30.3 Å². The van der Waals surface area contributed by atoms with Gasteiger partial charge in [-0.25, -0.2) is 8.42 Å². The van der Waals surface area contributed by atoms with Crippen LogP contribution in [-0.4, -0.2) is 81.1 Å². The van der Waals surface area contributed by atoms with Gasteiger partial charge in [0, 0.05) is 39.3 Å². The Balaban J connectivity index is 1.37. The molecule has 0 aromatic heterocycles. The molecule has 7 heteroatoms. The molecular formula is C20H30N2O4S. The van der Waals surface area contributed by atoms with Crippen LogP contribution in [0, 0.1) is 0 Å². The number of rotatable bonds is 8. The zero-order valence-corrected chi connectivity index (χ0v) is 16.7. The van der Waals surface area contributed by atoms with Crippen molar-refractivity contribution in [2.45, 2.75) is 31.8 Å². The van der Waals surface area contributed by atoms with Crippen LogP contribution in [0.4, 0.5) is 0 Å². The molecule has 2 aliphatic rings. The second kappa shape index (κ2) is 9.66. The second-order valence-electron chi connectivity index (χ2n) is 7.50. The molecule has 0 bridgehead atoms. The van der Waals surface area contributed by atoms with E-state index in [1.54, 1.807) is 4.90 Å². The summed E-state index contributed by atoms with van der Waals surface area (Å²) in [4.78, 5) is 16.4. The summed E-state index contributed by atoms with van der Waals surface area (Å²) in [5.41, 5.74) is 1.13. The average Bonchev–Trinajstić information content (AvgIpc) is 3.15. The minimum Gasteiger partial charge on any atom is -0.377 e. The van der Waals surface area contributed by atoms with E-state index in [0.717, 1.165) is 51.1 Å². The summed E-state index contributed by atoms with van der Waals surface area (Å²) in [5, 5.41) is 0. The molecule has 2 aliphatic heterocycles. The van der Waals surface area contributed by atoms with Crippen molar-refractivity contribution in [1.29, 1.82) is 0 Å². The van der Waals surface area contributed by atoms with Gasteiger partial charge in [0.25, 0.3) is 0 Å². The minimum absolute atomic E-state index is 0.0621. The number of benzene rings is 1. The highest BCUT2D eigenvalue weighted by Crippen LogP contribution is 2.15. The third-order valence-corrected chi connectivity index (χ3v) is 6.92. The Morgan fingerprint density at radius 3 is 2.52 bits per heavy atom. The molecule has 150 valence electrons. The quantitative estimate of drug-likeness (QED) is 0.666. The lowest BCUT2D eigenvalue weighted by Crippen LogP contribution is -2.51. The molecule has 0 N–H and O–H groups in total. The summed E-state index contributed by atoms with van der Waals surface area (Å²) in [7, 11) is -3.36. The van der Waals surface area contributed by atoms with Crippen molar-refractivity contribution in [3.63, 3.8) is 0 Å². The van der Waals surface area contributed by atoms with Gasteiger partial charge in [0.15, 0.2) is 9.84 Å². The fourth-order valence-corrected chi connectivity index (χ4v) is 5.04. The van der Waals surface area contributed by atoms with Crippen LogP contribution in [0.5, 0.6) is 0 Å². The monoisotopic (exact) mass is 394 g/mol. The Kier molecular flexibility index (Phi) is 7.26. The van der Waals surface area contributed by atoms with Crippen LogP contribution in [-0.2, 0) is 25.8 Å². The molecule has 0 radical (unpaired) electrons. The molecule has 1 unspecified atom stereocenters. The number of ether oxygens (including phenoxy) is 1. The molecule has 2 heterocycles. The third-order valence-electron chi connectivity index (χ3n) is 5.32. The van der Waals surface area contributed by atoms with Crippen molar-refractivity contribution < 1.29 is 17.9 Å². The highest BCUT2D eigenvalue weighted by atomic mass is 32.2. The van der Waals surface area contributed by atoms with Crippen molar-refractivity contribution in [2.75, 3.05) is 50.8 Å². The van der Waals surface area contributed by atoms with E-state index < -0.39 is 9.84 Å². The predicted octanol–water partition coefficient (Wildman–Crippen LogP) is 1.36. The first-order chi connectivity index (χ1) is 13.0. The molecular weight excluding hydrogens is 364 g/mol. The molecule has 1 atom stereocenters. The maximum absolute atomic E-state index is 12.4. The number of hydrogen-bond donors (Lipinski definition) is 0. The Labute approximate surface area is 162 Å². The van der Waals surface area contributed by atoms with Gasteiger partial charge in [0.1, 0.15) is 5.75 Å². The summed E-state index contributed by atoms with van der Waals surface area (Å²) in [6.07, 6.45) is 3.83. The van der Waals surface area contributed by atoms with E-state index in [-0.39, 0.29) is 17.4 Å². The van der Waals surface area contributed by atoms with Crippen LogP contribution in [0.2, 0.25) is 0 Å². The average molecular weight is 395 g/mol. The van der Waals surface area contributed by atoms with E-state index in [2.05, 4.69) is 4.90 Å². The molecule has 0 aliphatic carbocycles. The zero-order chi connectivity index (χ0) is 19.1. The van der Waals surface area contributed by atoms with Gasteiger partial charge in [0.05, 0.1) is 11.9 Å². The Hall–Kier alpha value is -1.44. The first kappa shape index (κ1) is 20.3. The molecule has 6 nitrogen and oxygen atoms in total. The predicted molar refractivity (Wildman–Crippen MR) is 105 cm³/mol. The molecule has 27 heavy (non-hydrogen) atoms. The van der Waals surface area contributed by atoms with Gasteiger partial charge in [-0.05, 0) is 31.2 Å². The summed E-state index contributed by atoms with van der Waals surface area (Å²) in [5.74, 6) is -0.563. The maximum atomic E-state index is 12.4. The normalized spacial score (nSPS) is 21.5. The van der Waals surface area contributed by atoms with Gasteiger partial charge in [0.2, 0.25) is 5.91 Å². The lowest BCUT2D eigenvalue weighted by Gasteiger charge is -2.35. The summed E-state index contributed by atoms with van der Waals surface area (Å²) >= 11 is 0. The van der Waals surface area contributed by atoms with Gasteiger partial charge >= 0.3 is 0 Å². The summed E-state index contributed by atoms with van der Waals surface area (Å²) in [6.45, 7) is 4.56. The summed E-state index contributed by atoms with van der Waals surface area (Å²) < 4.78 is 30.3. The van der Waals surface area contributed by atoms with E-state index >= 15 is 0 Å². The molecule has 0 saturated carbocycles. The number of sulfone groups is 1. The highest BCUT2D eigenvalue weighted by molar-refractivity contribution is 7.92. The lowest BCUT2D eigenvalue weighted by atomic mass is 10.1. The van der Waals surface area contributed by atoms with Crippen molar-refractivity contribution in [3.05, 3.63) is 35.9 Å². The number of carbonyl (C=O) groups excluding carboxylic acids is 1. The van der Waals surface area contributed by atoms with E-state index in [1.807, 2.05) is 30.3 Å². The largest absolute Gasteiger partial charge is 0.377 e. The third kappa shape index (κ3) is 6.59. The molecule has 1 aromatic carbocycles. The Morgan fingerprint density at radius 1 is 1.11 bits per heavy atom. The summed E-state index contributed by atoms with van der Waals surface area (Å²) in [6, 6.07) is 9.83. The van der Waals surface area contributed by atoms with Crippen molar-refractivity contribution in [3.8, 4) is 0 Å².